The van der Waals surface area contributed by atoms with Crippen LogP contribution in [0.2, 0.25) is 0 Å². The lowest BCUT2D eigenvalue weighted by Gasteiger charge is -2.36. The number of hydrogen-bond donors (Lipinski definition) is 2. The van der Waals surface area contributed by atoms with Crippen molar-refractivity contribution in [3.05, 3.63) is 0 Å². The van der Waals surface area contributed by atoms with Crippen molar-refractivity contribution in [1.29, 1.82) is 0 Å². The molecule has 4 nitrogen and oxygen atoms in total. The molecular formula is C12H24N2O2. The summed E-state index contributed by atoms with van der Waals surface area (Å²) in [4.78, 5) is 11.5. The summed E-state index contributed by atoms with van der Waals surface area (Å²) in [6.45, 7) is 4.53. The number of carbonyl (C=O) groups is 1. The van der Waals surface area contributed by atoms with Crippen LogP contribution in [0.3, 0.4) is 0 Å². The Balaban J connectivity index is 2.35. The fraction of sp³-hybridized carbons (Fsp3) is 0.917. The minimum atomic E-state index is -0.243. The summed E-state index contributed by atoms with van der Waals surface area (Å²) in [5, 5.41) is 2.82. The summed E-state index contributed by atoms with van der Waals surface area (Å²) in [5.74, 6) is -0.0478. The minimum Gasteiger partial charge on any atom is -0.364 e. The zero-order chi connectivity index (χ0) is 12.0. The molecule has 4 heteroatoms. The van der Waals surface area contributed by atoms with Gasteiger partial charge in [0.2, 0.25) is 5.91 Å². The summed E-state index contributed by atoms with van der Waals surface area (Å²) in [7, 11) is 0. The quantitative estimate of drug-likeness (QED) is 0.743. The molecule has 16 heavy (non-hydrogen) atoms. The molecule has 0 aliphatic heterocycles. The second kappa shape index (κ2) is 6.21. The van der Waals surface area contributed by atoms with Gasteiger partial charge in [-0.15, -0.1) is 0 Å². The zero-order valence-electron chi connectivity index (χ0n) is 10.4. The molecule has 1 saturated carbocycles. The van der Waals surface area contributed by atoms with Crippen LogP contribution in [-0.2, 0) is 9.53 Å². The number of hydrogen-bond acceptors (Lipinski definition) is 3. The molecule has 1 rings (SSSR count). The summed E-state index contributed by atoms with van der Waals surface area (Å²) >= 11 is 0. The smallest absolute Gasteiger partial charge is 0.246 e. The SMILES string of the molecule is CC(C)NC(=O)COC1(CN)CCCCC1. The van der Waals surface area contributed by atoms with E-state index in [4.69, 9.17) is 10.5 Å². The van der Waals surface area contributed by atoms with Gasteiger partial charge in [0.05, 0.1) is 5.60 Å². The Morgan fingerprint density at radius 3 is 2.50 bits per heavy atom. The van der Waals surface area contributed by atoms with Gasteiger partial charge in [0, 0.05) is 12.6 Å². The average Bonchev–Trinajstić information content (AvgIpc) is 2.27. The topological polar surface area (TPSA) is 64.3 Å². The Morgan fingerprint density at radius 1 is 1.38 bits per heavy atom. The Labute approximate surface area is 97.9 Å². The second-order valence-corrected chi connectivity index (χ2v) is 4.96. The van der Waals surface area contributed by atoms with Gasteiger partial charge in [0.25, 0.3) is 0 Å². The van der Waals surface area contributed by atoms with Gasteiger partial charge in [-0.1, -0.05) is 19.3 Å². The van der Waals surface area contributed by atoms with Crippen molar-refractivity contribution in [1.82, 2.24) is 5.32 Å². The molecule has 0 unspecified atom stereocenters. The number of rotatable bonds is 5. The lowest BCUT2D eigenvalue weighted by atomic mass is 9.85. The summed E-state index contributed by atoms with van der Waals surface area (Å²) in [6, 6.07) is 0.163. The molecule has 0 aromatic heterocycles. The van der Waals surface area contributed by atoms with Crippen LogP contribution in [0.5, 0.6) is 0 Å². The van der Waals surface area contributed by atoms with E-state index in [1.807, 2.05) is 13.8 Å². The number of ether oxygens (including phenoxy) is 1. The highest BCUT2D eigenvalue weighted by Gasteiger charge is 2.32. The van der Waals surface area contributed by atoms with E-state index in [1.54, 1.807) is 0 Å². The summed E-state index contributed by atoms with van der Waals surface area (Å²) in [5.41, 5.74) is 5.53. The highest BCUT2D eigenvalue weighted by Crippen LogP contribution is 2.30. The molecule has 3 N–H and O–H groups in total. The maximum atomic E-state index is 11.5. The first-order chi connectivity index (χ1) is 7.58. The van der Waals surface area contributed by atoms with Crippen LogP contribution < -0.4 is 11.1 Å². The summed E-state index contributed by atoms with van der Waals surface area (Å²) in [6.07, 6.45) is 5.53. The third-order valence-corrected chi connectivity index (χ3v) is 3.10. The number of amides is 1. The van der Waals surface area contributed by atoms with Crippen molar-refractivity contribution < 1.29 is 9.53 Å². The predicted molar refractivity (Wildman–Crippen MR) is 64.1 cm³/mol. The van der Waals surface area contributed by atoms with E-state index in [-0.39, 0.29) is 24.2 Å². The third kappa shape index (κ3) is 4.10. The molecule has 0 saturated heterocycles. The molecule has 0 aromatic rings. The molecule has 1 aliphatic rings. The highest BCUT2D eigenvalue weighted by atomic mass is 16.5. The van der Waals surface area contributed by atoms with E-state index in [9.17, 15) is 4.79 Å². The standard InChI is InChI=1S/C12H24N2O2/c1-10(2)14-11(15)8-16-12(9-13)6-4-3-5-7-12/h10H,3-9,13H2,1-2H3,(H,14,15). The largest absolute Gasteiger partial charge is 0.364 e. The first kappa shape index (κ1) is 13.5. The van der Waals surface area contributed by atoms with Crippen LogP contribution in [0.4, 0.5) is 0 Å². The first-order valence-corrected chi connectivity index (χ1v) is 6.21. The second-order valence-electron chi connectivity index (χ2n) is 4.96. The number of nitrogens with one attached hydrogen (secondary N) is 1. The van der Waals surface area contributed by atoms with Crippen LogP contribution in [0.15, 0.2) is 0 Å². The van der Waals surface area contributed by atoms with Crippen molar-refractivity contribution in [3.8, 4) is 0 Å². The Kier molecular flexibility index (Phi) is 5.22. The molecule has 0 spiro atoms. The van der Waals surface area contributed by atoms with Crippen LogP contribution in [0.1, 0.15) is 46.0 Å². The van der Waals surface area contributed by atoms with E-state index >= 15 is 0 Å². The van der Waals surface area contributed by atoms with Crippen LogP contribution in [0, 0.1) is 0 Å². The molecule has 0 bridgehead atoms. The van der Waals surface area contributed by atoms with Crippen LogP contribution >= 0.6 is 0 Å². The van der Waals surface area contributed by atoms with E-state index in [0.29, 0.717) is 6.54 Å². The number of nitrogens with two attached hydrogens (primary N) is 1. The Hall–Kier alpha value is -0.610. The molecular weight excluding hydrogens is 204 g/mol. The van der Waals surface area contributed by atoms with E-state index in [0.717, 1.165) is 25.7 Å². The van der Waals surface area contributed by atoms with Gasteiger partial charge in [-0.3, -0.25) is 4.79 Å². The zero-order valence-corrected chi connectivity index (χ0v) is 10.4. The van der Waals surface area contributed by atoms with E-state index in [1.165, 1.54) is 6.42 Å². The summed E-state index contributed by atoms with van der Waals surface area (Å²) < 4.78 is 5.75. The predicted octanol–water partition coefficient (Wildman–Crippen LogP) is 1.19. The first-order valence-electron chi connectivity index (χ1n) is 6.21. The van der Waals surface area contributed by atoms with Crippen LogP contribution in [0.25, 0.3) is 0 Å². The van der Waals surface area contributed by atoms with Gasteiger partial charge in [-0.2, -0.15) is 0 Å². The Bertz CT molecular complexity index is 223. The number of carbonyl (C=O) groups excluding carboxylic acids is 1. The minimum absolute atomic E-state index is 0.0478. The fourth-order valence-corrected chi connectivity index (χ4v) is 2.19. The lowest BCUT2D eigenvalue weighted by molar-refractivity contribution is -0.135. The maximum absolute atomic E-state index is 11.5. The van der Waals surface area contributed by atoms with Gasteiger partial charge in [-0.05, 0) is 26.7 Å². The normalized spacial score (nSPS) is 19.8. The van der Waals surface area contributed by atoms with Crippen molar-refractivity contribution in [2.24, 2.45) is 5.73 Å². The maximum Gasteiger partial charge on any atom is 0.246 e. The molecule has 0 heterocycles. The molecule has 1 amide bonds. The fourth-order valence-electron chi connectivity index (χ4n) is 2.19. The lowest BCUT2D eigenvalue weighted by Crippen LogP contribution is -2.45. The highest BCUT2D eigenvalue weighted by molar-refractivity contribution is 5.77. The van der Waals surface area contributed by atoms with Crippen molar-refractivity contribution >= 4 is 5.91 Å². The van der Waals surface area contributed by atoms with Gasteiger partial charge in [0.15, 0.2) is 0 Å². The van der Waals surface area contributed by atoms with Gasteiger partial charge in [0.1, 0.15) is 6.61 Å². The monoisotopic (exact) mass is 228 g/mol. The van der Waals surface area contributed by atoms with Crippen molar-refractivity contribution in [3.63, 3.8) is 0 Å². The molecule has 0 atom stereocenters. The molecule has 0 radical (unpaired) electrons. The van der Waals surface area contributed by atoms with E-state index < -0.39 is 0 Å². The average molecular weight is 228 g/mol. The van der Waals surface area contributed by atoms with Gasteiger partial charge in [-0.25, -0.2) is 0 Å². The molecule has 1 aliphatic carbocycles. The van der Waals surface area contributed by atoms with Gasteiger partial charge < -0.3 is 15.8 Å². The Morgan fingerprint density at radius 2 is 2.00 bits per heavy atom. The molecule has 0 aromatic carbocycles. The molecule has 94 valence electrons. The van der Waals surface area contributed by atoms with Gasteiger partial charge >= 0.3 is 0 Å². The van der Waals surface area contributed by atoms with Crippen molar-refractivity contribution in [2.75, 3.05) is 13.2 Å². The third-order valence-electron chi connectivity index (χ3n) is 3.10. The van der Waals surface area contributed by atoms with E-state index in [2.05, 4.69) is 5.32 Å². The van der Waals surface area contributed by atoms with Crippen molar-refractivity contribution in [2.45, 2.75) is 57.6 Å². The van der Waals surface area contributed by atoms with Crippen LogP contribution in [-0.4, -0.2) is 30.7 Å². The molecule has 1 fully saturated rings.